The van der Waals surface area contributed by atoms with Gasteiger partial charge in [-0.3, -0.25) is 0 Å². The number of hydrogen-bond donors (Lipinski definition) is 1. The molecular formula is C10H17NO. The van der Waals surface area contributed by atoms with Crippen LogP contribution in [0.25, 0.3) is 0 Å². The highest BCUT2D eigenvalue weighted by Gasteiger charge is 2.12. The summed E-state index contributed by atoms with van der Waals surface area (Å²) < 4.78 is 5.05. The fourth-order valence-electron chi connectivity index (χ4n) is 1.21. The largest absolute Gasteiger partial charge is 0.482 e. The topological polar surface area (TPSA) is 25.0 Å². The monoisotopic (exact) mass is 167 g/mol. The Hall–Kier alpha value is -0.920. The molecule has 0 aromatic carbocycles. The van der Waals surface area contributed by atoms with Crippen LogP contribution in [0.1, 0.15) is 26.5 Å². The van der Waals surface area contributed by atoms with Crippen LogP contribution in [0, 0.1) is 5.41 Å². The SMILES string of the molecule is COc1ccc(CC(C)(C)C)[nH]1. The Labute approximate surface area is 73.9 Å². The Bertz CT molecular complexity index is 245. The van der Waals surface area contributed by atoms with E-state index in [9.17, 15) is 0 Å². The number of hydrogen-bond acceptors (Lipinski definition) is 1. The molecule has 0 spiro atoms. The molecule has 0 atom stereocenters. The van der Waals surface area contributed by atoms with Crippen molar-refractivity contribution in [3.63, 3.8) is 0 Å². The molecule has 12 heavy (non-hydrogen) atoms. The van der Waals surface area contributed by atoms with E-state index in [4.69, 9.17) is 4.74 Å². The third-order valence-corrected chi connectivity index (χ3v) is 1.66. The van der Waals surface area contributed by atoms with Crippen LogP contribution in [-0.4, -0.2) is 12.1 Å². The fourth-order valence-corrected chi connectivity index (χ4v) is 1.21. The number of H-pyrrole nitrogens is 1. The van der Waals surface area contributed by atoms with Crippen LogP contribution in [0.15, 0.2) is 12.1 Å². The zero-order chi connectivity index (χ0) is 9.19. The third-order valence-electron chi connectivity index (χ3n) is 1.66. The Balaban J connectivity index is 2.64. The van der Waals surface area contributed by atoms with E-state index in [1.807, 2.05) is 6.07 Å². The van der Waals surface area contributed by atoms with Gasteiger partial charge in [0.05, 0.1) is 7.11 Å². The molecular weight excluding hydrogens is 150 g/mol. The van der Waals surface area contributed by atoms with Gasteiger partial charge in [-0.2, -0.15) is 0 Å². The first kappa shape index (κ1) is 9.17. The first-order valence-corrected chi connectivity index (χ1v) is 4.23. The van der Waals surface area contributed by atoms with Crippen LogP contribution in [0.4, 0.5) is 0 Å². The second-order valence-corrected chi connectivity index (χ2v) is 4.29. The van der Waals surface area contributed by atoms with Gasteiger partial charge in [0, 0.05) is 5.69 Å². The van der Waals surface area contributed by atoms with Gasteiger partial charge in [0.15, 0.2) is 5.88 Å². The summed E-state index contributed by atoms with van der Waals surface area (Å²) in [4.78, 5) is 3.20. The van der Waals surface area contributed by atoms with Gasteiger partial charge < -0.3 is 9.72 Å². The zero-order valence-corrected chi connectivity index (χ0v) is 8.27. The third kappa shape index (κ3) is 2.61. The Morgan fingerprint density at radius 2 is 2.00 bits per heavy atom. The summed E-state index contributed by atoms with van der Waals surface area (Å²) in [6, 6.07) is 4.03. The minimum atomic E-state index is 0.329. The van der Waals surface area contributed by atoms with Gasteiger partial charge >= 0.3 is 0 Å². The van der Waals surface area contributed by atoms with Gasteiger partial charge in [-0.15, -0.1) is 0 Å². The molecule has 2 nitrogen and oxygen atoms in total. The molecule has 0 fully saturated rings. The van der Waals surface area contributed by atoms with Crippen molar-refractivity contribution in [3.8, 4) is 5.88 Å². The van der Waals surface area contributed by atoms with Gasteiger partial charge in [0.2, 0.25) is 0 Å². The summed E-state index contributed by atoms with van der Waals surface area (Å²) in [6.45, 7) is 6.67. The average Bonchev–Trinajstić information content (AvgIpc) is 2.32. The molecule has 0 aliphatic rings. The Kier molecular flexibility index (Phi) is 2.46. The molecule has 0 bridgehead atoms. The summed E-state index contributed by atoms with van der Waals surface area (Å²) >= 11 is 0. The normalized spacial score (nSPS) is 11.7. The van der Waals surface area contributed by atoms with E-state index in [0.717, 1.165) is 12.3 Å². The van der Waals surface area contributed by atoms with Crippen molar-refractivity contribution < 1.29 is 4.74 Å². The molecule has 68 valence electrons. The molecule has 0 aliphatic heterocycles. The number of methoxy groups -OCH3 is 1. The summed E-state index contributed by atoms with van der Waals surface area (Å²) in [5.41, 5.74) is 1.56. The highest BCUT2D eigenvalue weighted by molar-refractivity contribution is 5.18. The van der Waals surface area contributed by atoms with Gasteiger partial charge in [-0.1, -0.05) is 20.8 Å². The van der Waals surface area contributed by atoms with Gasteiger partial charge in [0.1, 0.15) is 0 Å². The van der Waals surface area contributed by atoms with E-state index < -0.39 is 0 Å². The molecule has 0 radical (unpaired) electrons. The molecule has 1 N–H and O–H groups in total. The second-order valence-electron chi connectivity index (χ2n) is 4.29. The minimum Gasteiger partial charge on any atom is -0.482 e. The van der Waals surface area contributed by atoms with E-state index in [0.29, 0.717) is 5.41 Å². The highest BCUT2D eigenvalue weighted by atomic mass is 16.5. The lowest BCUT2D eigenvalue weighted by Crippen LogP contribution is -2.09. The van der Waals surface area contributed by atoms with Crippen molar-refractivity contribution in [2.24, 2.45) is 5.41 Å². The second kappa shape index (κ2) is 3.21. The maximum atomic E-state index is 5.05. The lowest BCUT2D eigenvalue weighted by Gasteiger charge is -2.16. The minimum absolute atomic E-state index is 0.329. The zero-order valence-electron chi connectivity index (χ0n) is 8.27. The van der Waals surface area contributed by atoms with Crippen LogP contribution in [-0.2, 0) is 6.42 Å². The quantitative estimate of drug-likeness (QED) is 0.719. The Morgan fingerprint density at radius 3 is 2.42 bits per heavy atom. The first-order valence-electron chi connectivity index (χ1n) is 4.23. The van der Waals surface area contributed by atoms with E-state index in [1.165, 1.54) is 5.69 Å². The van der Waals surface area contributed by atoms with E-state index in [2.05, 4.69) is 31.8 Å². The molecule has 0 aliphatic carbocycles. The first-order chi connectivity index (χ1) is 5.51. The molecule has 0 saturated heterocycles. The maximum absolute atomic E-state index is 5.05. The summed E-state index contributed by atoms with van der Waals surface area (Å²) in [5, 5.41) is 0. The lowest BCUT2D eigenvalue weighted by atomic mass is 9.91. The number of ether oxygens (including phenoxy) is 1. The molecule has 0 amide bonds. The van der Waals surface area contributed by atoms with Crippen molar-refractivity contribution >= 4 is 0 Å². The predicted octanol–water partition coefficient (Wildman–Crippen LogP) is 2.61. The maximum Gasteiger partial charge on any atom is 0.190 e. The number of aromatic nitrogens is 1. The van der Waals surface area contributed by atoms with Gasteiger partial charge in [0.25, 0.3) is 0 Å². The van der Waals surface area contributed by atoms with Gasteiger partial charge in [-0.05, 0) is 24.0 Å². The van der Waals surface area contributed by atoms with Crippen molar-refractivity contribution in [3.05, 3.63) is 17.8 Å². The molecule has 1 aromatic rings. The lowest BCUT2D eigenvalue weighted by molar-refractivity contribution is 0.388. The van der Waals surface area contributed by atoms with Crippen LogP contribution in [0.2, 0.25) is 0 Å². The molecule has 0 saturated carbocycles. The summed E-state index contributed by atoms with van der Waals surface area (Å²) in [6.07, 6.45) is 1.05. The van der Waals surface area contributed by atoms with E-state index in [1.54, 1.807) is 7.11 Å². The molecule has 2 heteroatoms. The highest BCUT2D eigenvalue weighted by Crippen LogP contribution is 2.21. The Morgan fingerprint density at radius 1 is 1.33 bits per heavy atom. The molecule has 1 heterocycles. The van der Waals surface area contributed by atoms with Crippen LogP contribution in [0.5, 0.6) is 5.88 Å². The number of aromatic amines is 1. The van der Waals surface area contributed by atoms with Gasteiger partial charge in [-0.25, -0.2) is 0 Å². The van der Waals surface area contributed by atoms with Crippen molar-refractivity contribution in [1.82, 2.24) is 4.98 Å². The van der Waals surface area contributed by atoms with Crippen molar-refractivity contribution in [1.29, 1.82) is 0 Å². The van der Waals surface area contributed by atoms with Crippen molar-refractivity contribution in [2.45, 2.75) is 27.2 Å². The molecule has 1 aromatic heterocycles. The standard InChI is InChI=1S/C10H17NO/c1-10(2,3)7-8-5-6-9(11-8)12-4/h5-6,11H,7H2,1-4H3. The van der Waals surface area contributed by atoms with E-state index in [-0.39, 0.29) is 0 Å². The summed E-state index contributed by atoms with van der Waals surface area (Å²) in [5.74, 6) is 0.842. The molecule has 1 rings (SSSR count). The smallest absolute Gasteiger partial charge is 0.190 e. The fraction of sp³-hybridized carbons (Fsp3) is 0.600. The molecule has 0 unspecified atom stereocenters. The van der Waals surface area contributed by atoms with Crippen LogP contribution < -0.4 is 4.74 Å². The summed E-state index contributed by atoms with van der Waals surface area (Å²) in [7, 11) is 1.67. The van der Waals surface area contributed by atoms with E-state index >= 15 is 0 Å². The predicted molar refractivity (Wildman–Crippen MR) is 50.5 cm³/mol. The van der Waals surface area contributed by atoms with Crippen LogP contribution in [0.3, 0.4) is 0 Å². The average molecular weight is 167 g/mol. The number of nitrogens with one attached hydrogen (secondary N) is 1. The number of rotatable bonds is 2. The van der Waals surface area contributed by atoms with Crippen molar-refractivity contribution in [2.75, 3.05) is 7.11 Å². The van der Waals surface area contributed by atoms with Crippen LogP contribution >= 0.6 is 0 Å².